The molecule has 2 rings (SSSR count). The maximum Gasteiger partial charge on any atom is 0.204 e. The Bertz CT molecular complexity index is 813. The van der Waals surface area contributed by atoms with E-state index in [1.165, 1.54) is 216 Å². The van der Waals surface area contributed by atoms with Crippen LogP contribution in [0.3, 0.4) is 0 Å². The first-order valence-corrected chi connectivity index (χ1v) is 20.8. The average Bonchev–Trinajstić information content (AvgIpc) is 3.41. The van der Waals surface area contributed by atoms with Crippen molar-refractivity contribution in [1.29, 1.82) is 0 Å². The lowest BCUT2D eigenvalue weighted by atomic mass is 10.0. The Morgan fingerprint density at radius 3 is 1.16 bits per heavy atom. The summed E-state index contributed by atoms with van der Waals surface area (Å²) < 4.78 is 4.82. The van der Waals surface area contributed by atoms with E-state index in [1.54, 1.807) is 0 Å². The van der Waals surface area contributed by atoms with Crippen molar-refractivity contribution in [1.82, 2.24) is 4.57 Å². The lowest BCUT2D eigenvalue weighted by molar-refractivity contribution is -0.676. The molecule has 0 atom stereocenters. The van der Waals surface area contributed by atoms with E-state index >= 15 is 0 Å². The Labute approximate surface area is 282 Å². The normalized spacial score (nSPS) is 11.7. The largest absolute Gasteiger partial charge is 0.344 e. The van der Waals surface area contributed by atoms with Crippen molar-refractivity contribution in [2.45, 2.75) is 232 Å². The van der Waals surface area contributed by atoms with Crippen molar-refractivity contribution in [3.05, 3.63) is 30.6 Å². The van der Waals surface area contributed by atoms with Gasteiger partial charge in [0, 0.05) is 11.0 Å². The van der Waals surface area contributed by atoms with Gasteiger partial charge in [-0.3, -0.25) is 0 Å². The van der Waals surface area contributed by atoms with E-state index in [4.69, 9.17) is 0 Å². The van der Waals surface area contributed by atoms with Gasteiger partial charge in [-0.2, -0.15) is 0 Å². The maximum absolute atomic E-state index is 3.73. The van der Waals surface area contributed by atoms with Crippen LogP contribution in [0.1, 0.15) is 219 Å². The summed E-state index contributed by atoms with van der Waals surface area (Å²) in [5.74, 6) is 0. The molecule has 45 heavy (non-hydrogen) atoms. The molecule has 0 aliphatic rings. The number of para-hydroxylation sites is 2. The van der Waals surface area contributed by atoms with E-state index in [0.717, 1.165) is 13.1 Å². The molecule has 1 heterocycles. The summed E-state index contributed by atoms with van der Waals surface area (Å²) in [4.78, 5) is 0. The summed E-state index contributed by atoms with van der Waals surface area (Å²) in [6.45, 7) is 6.84. The highest BCUT2D eigenvalue weighted by Crippen LogP contribution is 2.17. The molecule has 260 valence electrons. The predicted octanol–water partition coefficient (Wildman–Crippen LogP) is 14.3. The van der Waals surface area contributed by atoms with Crippen LogP contribution in [0.5, 0.6) is 0 Å². The van der Waals surface area contributed by atoms with Gasteiger partial charge in [-0.1, -0.05) is 218 Å². The molecule has 0 saturated carbocycles. The molecule has 0 radical (unpaired) electrons. The van der Waals surface area contributed by atoms with Crippen molar-refractivity contribution >= 4 is 11.0 Å². The number of fused-ring (bicyclic) bond motifs is 1. The van der Waals surface area contributed by atoms with Gasteiger partial charge in [0.1, 0.15) is 0 Å². The molecule has 0 unspecified atom stereocenters. The molecule has 1 aromatic carbocycles. The Balaban J connectivity index is 1.43. The fraction of sp³-hybridized carbons (Fsp3) is 0.837. The molecule has 0 aliphatic heterocycles. The average molecular weight is 623 g/mol. The van der Waals surface area contributed by atoms with Crippen LogP contribution < -0.4 is 4.57 Å². The summed E-state index contributed by atoms with van der Waals surface area (Å²) in [6, 6.07) is 8.98. The minimum atomic E-state index is 1.12. The number of benzene rings is 1. The van der Waals surface area contributed by atoms with E-state index < -0.39 is 0 Å². The van der Waals surface area contributed by atoms with Crippen LogP contribution >= 0.6 is 0 Å². The molecule has 2 nitrogen and oxygen atoms in total. The third-order valence-electron chi connectivity index (χ3n) is 10.2. The first kappa shape index (κ1) is 39.9. The van der Waals surface area contributed by atoms with E-state index in [0.29, 0.717) is 0 Å². The lowest BCUT2D eigenvalue weighted by Crippen LogP contribution is -2.32. The summed E-state index contributed by atoms with van der Waals surface area (Å²) in [5, 5.41) is 0. The van der Waals surface area contributed by atoms with Gasteiger partial charge in [0.05, 0.1) is 13.1 Å². The second-order valence-corrected chi connectivity index (χ2v) is 14.5. The van der Waals surface area contributed by atoms with Gasteiger partial charge < -0.3 is 9.13 Å². The van der Waals surface area contributed by atoms with E-state index in [9.17, 15) is 0 Å². The van der Waals surface area contributed by atoms with Gasteiger partial charge in [-0.05, 0) is 25.7 Å². The number of unbranched alkanes of at least 4 members (excludes halogenated alkanes) is 30. The van der Waals surface area contributed by atoms with Gasteiger partial charge in [0.25, 0.3) is 0 Å². The molecule has 0 N–H and O–H groups in total. The van der Waals surface area contributed by atoms with Crippen LogP contribution in [0.15, 0.2) is 24.3 Å². The smallest absolute Gasteiger partial charge is 0.204 e. The predicted molar refractivity (Wildman–Crippen MR) is 200 cm³/mol. The van der Waals surface area contributed by atoms with Gasteiger partial charge in [0.2, 0.25) is 6.33 Å². The Hall–Kier alpha value is -1.31. The quantitative estimate of drug-likeness (QED) is 0.0417. The molecule has 0 saturated heterocycles. The Morgan fingerprint density at radius 1 is 0.422 bits per heavy atom. The Morgan fingerprint density at radius 2 is 0.756 bits per heavy atom. The highest BCUT2D eigenvalue weighted by molar-refractivity contribution is 5.71. The minimum Gasteiger partial charge on any atom is -0.344 e. The standard InChI is InChI=1S/C43H78N2/c1-3-5-7-9-11-13-15-17-19-21-23-25-27-29-31-35-39-44-41-45(43-38-34-33-37-42(43)44)40-36-32-30-28-26-24-22-20-18-16-14-12-10-8-6-4-2/h33-34,37-38H,3-32,35-36,39-40H2,1-2H3. The topological polar surface area (TPSA) is 8.81 Å². The molecule has 0 bridgehead atoms. The highest BCUT2D eigenvalue weighted by Gasteiger charge is 2.06. The molecular formula is C43H78N2. The van der Waals surface area contributed by atoms with Crippen molar-refractivity contribution in [3.63, 3.8) is 0 Å². The number of rotatable bonds is 34. The SMILES string of the molecule is CCCCCCCCCCCCCCCCCCn1[c-][n+](CCCCCCCCCCCCCCCCCC)c2ccccc21. The van der Waals surface area contributed by atoms with Crippen molar-refractivity contribution in [2.75, 3.05) is 0 Å². The van der Waals surface area contributed by atoms with Crippen LogP contribution in [0, 0.1) is 6.33 Å². The van der Waals surface area contributed by atoms with Gasteiger partial charge in [0.15, 0.2) is 0 Å². The number of hydrogen-bond donors (Lipinski definition) is 0. The minimum absolute atomic E-state index is 1.12. The lowest BCUT2D eigenvalue weighted by Gasteiger charge is -2.05. The van der Waals surface area contributed by atoms with Crippen molar-refractivity contribution in [3.8, 4) is 0 Å². The monoisotopic (exact) mass is 623 g/mol. The summed E-state index contributed by atoms with van der Waals surface area (Å²) in [6.07, 6.45) is 49.5. The highest BCUT2D eigenvalue weighted by atomic mass is 15.1. The van der Waals surface area contributed by atoms with Crippen LogP contribution in [0.25, 0.3) is 11.0 Å². The second-order valence-electron chi connectivity index (χ2n) is 14.5. The van der Waals surface area contributed by atoms with E-state index in [2.05, 4.69) is 53.6 Å². The molecule has 0 amide bonds. The van der Waals surface area contributed by atoms with E-state index in [1.807, 2.05) is 0 Å². The zero-order chi connectivity index (χ0) is 31.9. The summed E-state index contributed by atoms with van der Waals surface area (Å²) in [7, 11) is 0. The zero-order valence-corrected chi connectivity index (χ0v) is 30.7. The van der Waals surface area contributed by atoms with Gasteiger partial charge in [-0.15, -0.1) is 0 Å². The van der Waals surface area contributed by atoms with Crippen molar-refractivity contribution in [2.24, 2.45) is 0 Å². The first-order valence-electron chi connectivity index (χ1n) is 20.8. The number of nitrogens with zero attached hydrogens (tertiary/aromatic N) is 2. The third kappa shape index (κ3) is 21.2. The first-order chi connectivity index (χ1) is 22.4. The Kier molecular flexibility index (Phi) is 26.6. The fourth-order valence-corrected chi connectivity index (χ4v) is 7.15. The summed E-state index contributed by atoms with van der Waals surface area (Å²) in [5.41, 5.74) is 2.74. The number of hydrogen-bond acceptors (Lipinski definition) is 0. The summed E-state index contributed by atoms with van der Waals surface area (Å²) >= 11 is 0. The number of imidazole rings is 1. The molecule has 0 fully saturated rings. The zero-order valence-electron chi connectivity index (χ0n) is 30.7. The number of aromatic nitrogens is 2. The van der Waals surface area contributed by atoms with Gasteiger partial charge in [-0.25, -0.2) is 0 Å². The van der Waals surface area contributed by atoms with Crippen LogP contribution in [-0.4, -0.2) is 4.57 Å². The molecule has 2 heteroatoms. The fourth-order valence-electron chi connectivity index (χ4n) is 7.15. The molecular weight excluding hydrogens is 544 g/mol. The number of aryl methyl sites for hydroxylation is 2. The van der Waals surface area contributed by atoms with Crippen molar-refractivity contribution < 1.29 is 4.57 Å². The van der Waals surface area contributed by atoms with Crippen LogP contribution in [0.2, 0.25) is 0 Å². The molecule has 0 spiro atoms. The van der Waals surface area contributed by atoms with Gasteiger partial charge >= 0.3 is 0 Å². The molecule has 2 aromatic rings. The third-order valence-corrected chi connectivity index (χ3v) is 10.2. The second kappa shape index (κ2) is 30.1. The van der Waals surface area contributed by atoms with E-state index in [-0.39, 0.29) is 0 Å². The van der Waals surface area contributed by atoms with Crippen LogP contribution in [0.4, 0.5) is 0 Å². The maximum atomic E-state index is 3.73. The molecule has 0 aliphatic carbocycles. The van der Waals surface area contributed by atoms with Crippen LogP contribution in [-0.2, 0) is 13.1 Å². The molecule has 1 aromatic heterocycles.